The third-order valence-corrected chi connectivity index (χ3v) is 3.03. The summed E-state index contributed by atoms with van der Waals surface area (Å²) in [5.74, 6) is 0.297. The number of hydrogen-bond donors (Lipinski definition) is 2. The Hall–Kier alpha value is -1.84. The minimum Gasteiger partial charge on any atom is -0.366 e. The maximum atomic E-state index is 12.1. The van der Waals surface area contributed by atoms with Crippen molar-refractivity contribution in [1.29, 1.82) is 0 Å². The van der Waals surface area contributed by atoms with E-state index < -0.39 is 0 Å². The zero-order valence-corrected chi connectivity index (χ0v) is 11.1. The van der Waals surface area contributed by atoms with Gasteiger partial charge in [-0.05, 0) is 38.3 Å². The van der Waals surface area contributed by atoms with Crippen LogP contribution in [0, 0.1) is 20.8 Å². The summed E-state index contributed by atoms with van der Waals surface area (Å²) >= 11 is 0. The van der Waals surface area contributed by atoms with Crippen LogP contribution in [0.25, 0.3) is 0 Å². The van der Waals surface area contributed by atoms with Crippen LogP contribution in [0.2, 0.25) is 0 Å². The van der Waals surface area contributed by atoms with Crippen molar-refractivity contribution in [2.45, 2.75) is 27.2 Å². The number of anilines is 1. The first-order valence-corrected chi connectivity index (χ1v) is 6.25. The predicted octanol–water partition coefficient (Wildman–Crippen LogP) is 1.94. The summed E-state index contributed by atoms with van der Waals surface area (Å²) in [5.41, 5.74) is 4.26. The minimum atomic E-state index is -0.148. The van der Waals surface area contributed by atoms with Gasteiger partial charge in [0.2, 0.25) is 0 Å². The third-order valence-electron chi connectivity index (χ3n) is 3.03. The van der Waals surface area contributed by atoms with Gasteiger partial charge in [0.15, 0.2) is 5.84 Å². The van der Waals surface area contributed by atoms with Crippen LogP contribution >= 0.6 is 0 Å². The van der Waals surface area contributed by atoms with Crippen molar-refractivity contribution in [2.24, 2.45) is 4.99 Å². The molecule has 1 heterocycles. The fraction of sp³-hybridized carbons (Fsp3) is 0.429. The molecule has 1 aliphatic rings. The average Bonchev–Trinajstić information content (AvgIpc) is 2.34. The number of carbonyl (C=O) groups is 1. The number of benzene rings is 1. The predicted molar refractivity (Wildman–Crippen MR) is 74.2 cm³/mol. The molecule has 0 aliphatic carbocycles. The van der Waals surface area contributed by atoms with Gasteiger partial charge < -0.3 is 10.6 Å². The number of nitrogens with one attached hydrogen (secondary N) is 2. The van der Waals surface area contributed by atoms with Gasteiger partial charge in [-0.15, -0.1) is 0 Å². The van der Waals surface area contributed by atoms with Crippen LogP contribution in [-0.4, -0.2) is 24.8 Å². The number of amides is 1. The van der Waals surface area contributed by atoms with E-state index in [-0.39, 0.29) is 5.91 Å². The van der Waals surface area contributed by atoms with E-state index in [1.54, 1.807) is 0 Å². The molecule has 0 atom stereocenters. The molecule has 1 aromatic carbocycles. The summed E-state index contributed by atoms with van der Waals surface area (Å²) in [4.78, 5) is 16.2. The minimum absolute atomic E-state index is 0.148. The normalized spacial score (nSPS) is 14.7. The second kappa shape index (κ2) is 5.21. The highest BCUT2D eigenvalue weighted by atomic mass is 16.2. The van der Waals surface area contributed by atoms with Crippen LogP contribution in [0.4, 0.5) is 5.69 Å². The zero-order valence-electron chi connectivity index (χ0n) is 11.1. The number of hydrogen-bond acceptors (Lipinski definition) is 3. The van der Waals surface area contributed by atoms with Gasteiger partial charge in [-0.2, -0.15) is 0 Å². The standard InChI is InChI=1S/C14H19N3O/c1-9-7-10(2)12(11(3)8-9)17-14(18)13-15-5-4-6-16-13/h7-8H,4-6H2,1-3H3,(H,15,16)(H,17,18). The lowest BCUT2D eigenvalue weighted by Gasteiger charge is -2.16. The first-order chi connectivity index (χ1) is 8.58. The molecule has 2 N–H and O–H groups in total. The molecule has 0 unspecified atom stereocenters. The maximum Gasteiger partial charge on any atom is 0.290 e. The van der Waals surface area contributed by atoms with Crippen molar-refractivity contribution >= 4 is 17.4 Å². The van der Waals surface area contributed by atoms with Gasteiger partial charge in [0.05, 0.1) is 0 Å². The van der Waals surface area contributed by atoms with Crippen LogP contribution < -0.4 is 10.6 Å². The van der Waals surface area contributed by atoms with E-state index in [9.17, 15) is 4.79 Å². The smallest absolute Gasteiger partial charge is 0.290 e. The van der Waals surface area contributed by atoms with Crippen molar-refractivity contribution in [3.8, 4) is 0 Å². The number of rotatable bonds is 2. The van der Waals surface area contributed by atoms with E-state index in [4.69, 9.17) is 0 Å². The Bertz CT molecular complexity index is 483. The van der Waals surface area contributed by atoms with Gasteiger partial charge in [0, 0.05) is 18.8 Å². The largest absolute Gasteiger partial charge is 0.366 e. The molecule has 0 saturated carbocycles. The van der Waals surface area contributed by atoms with Crippen molar-refractivity contribution in [3.63, 3.8) is 0 Å². The molecule has 18 heavy (non-hydrogen) atoms. The van der Waals surface area contributed by atoms with Crippen LogP contribution in [0.5, 0.6) is 0 Å². The molecule has 0 radical (unpaired) electrons. The number of amidine groups is 1. The molecule has 0 saturated heterocycles. The Morgan fingerprint density at radius 1 is 1.28 bits per heavy atom. The molecular formula is C14H19N3O. The summed E-state index contributed by atoms with van der Waals surface area (Å²) in [6.45, 7) is 7.61. The van der Waals surface area contributed by atoms with E-state index >= 15 is 0 Å². The summed E-state index contributed by atoms with van der Waals surface area (Å²) in [6.07, 6.45) is 0.985. The van der Waals surface area contributed by atoms with E-state index in [0.29, 0.717) is 5.84 Å². The highest BCUT2D eigenvalue weighted by molar-refractivity contribution is 6.42. The summed E-state index contributed by atoms with van der Waals surface area (Å²) in [5, 5.41) is 5.97. The number of nitrogens with zero attached hydrogens (tertiary/aromatic N) is 1. The van der Waals surface area contributed by atoms with Crippen LogP contribution in [0.3, 0.4) is 0 Å². The van der Waals surface area contributed by atoms with Crippen LogP contribution in [0.1, 0.15) is 23.1 Å². The fourth-order valence-corrected chi connectivity index (χ4v) is 2.23. The molecule has 0 bridgehead atoms. The monoisotopic (exact) mass is 245 g/mol. The lowest BCUT2D eigenvalue weighted by molar-refractivity contribution is -0.110. The molecule has 0 aromatic heterocycles. The molecule has 4 nitrogen and oxygen atoms in total. The van der Waals surface area contributed by atoms with E-state index in [1.807, 2.05) is 13.8 Å². The first-order valence-electron chi connectivity index (χ1n) is 6.25. The van der Waals surface area contributed by atoms with Gasteiger partial charge >= 0.3 is 0 Å². The SMILES string of the molecule is Cc1cc(C)c(NC(=O)C2=NCCCN2)c(C)c1. The first kappa shape index (κ1) is 12.6. The third kappa shape index (κ3) is 2.70. The molecular weight excluding hydrogens is 226 g/mol. The van der Waals surface area contributed by atoms with Gasteiger partial charge in [-0.1, -0.05) is 17.7 Å². The average molecular weight is 245 g/mol. The number of aryl methyl sites for hydroxylation is 3. The van der Waals surface area contributed by atoms with Crippen molar-refractivity contribution in [2.75, 3.05) is 18.4 Å². The molecule has 0 spiro atoms. The molecule has 1 amide bonds. The quantitative estimate of drug-likeness (QED) is 0.836. The van der Waals surface area contributed by atoms with Crippen LogP contribution in [-0.2, 0) is 4.79 Å². The number of carbonyl (C=O) groups excluding carboxylic acids is 1. The molecule has 96 valence electrons. The van der Waals surface area contributed by atoms with Crippen molar-refractivity contribution in [3.05, 3.63) is 28.8 Å². The molecule has 2 rings (SSSR count). The lowest BCUT2D eigenvalue weighted by Crippen LogP contribution is -2.39. The second-order valence-electron chi connectivity index (χ2n) is 4.74. The van der Waals surface area contributed by atoms with Crippen molar-refractivity contribution < 1.29 is 4.79 Å². The highest BCUT2D eigenvalue weighted by Gasteiger charge is 2.15. The lowest BCUT2D eigenvalue weighted by atomic mass is 10.1. The summed E-state index contributed by atoms with van der Waals surface area (Å²) in [7, 11) is 0. The Morgan fingerprint density at radius 3 is 2.50 bits per heavy atom. The molecule has 1 aromatic rings. The van der Waals surface area contributed by atoms with Gasteiger partial charge in [-0.3, -0.25) is 9.79 Å². The van der Waals surface area contributed by atoms with E-state index in [0.717, 1.165) is 36.3 Å². The van der Waals surface area contributed by atoms with Crippen molar-refractivity contribution in [1.82, 2.24) is 5.32 Å². The van der Waals surface area contributed by atoms with Gasteiger partial charge in [-0.25, -0.2) is 0 Å². The molecule has 1 aliphatic heterocycles. The second-order valence-corrected chi connectivity index (χ2v) is 4.74. The van der Waals surface area contributed by atoms with Gasteiger partial charge in [0.25, 0.3) is 5.91 Å². The highest BCUT2D eigenvalue weighted by Crippen LogP contribution is 2.21. The summed E-state index contributed by atoms with van der Waals surface area (Å²) in [6, 6.07) is 4.14. The Kier molecular flexibility index (Phi) is 3.65. The van der Waals surface area contributed by atoms with Gasteiger partial charge in [0.1, 0.15) is 0 Å². The Labute approximate surface area is 108 Å². The van der Waals surface area contributed by atoms with Crippen LogP contribution in [0.15, 0.2) is 17.1 Å². The Balaban J connectivity index is 2.19. The Morgan fingerprint density at radius 2 is 1.94 bits per heavy atom. The zero-order chi connectivity index (χ0) is 13.1. The van der Waals surface area contributed by atoms with E-state index in [2.05, 4.69) is 34.7 Å². The summed E-state index contributed by atoms with van der Waals surface area (Å²) < 4.78 is 0. The maximum absolute atomic E-state index is 12.1. The molecule has 4 heteroatoms. The van der Waals surface area contributed by atoms with E-state index in [1.165, 1.54) is 5.56 Å². The fourth-order valence-electron chi connectivity index (χ4n) is 2.23. The topological polar surface area (TPSA) is 53.5 Å². The number of aliphatic imine (C=N–C) groups is 1. The molecule has 0 fully saturated rings.